The normalized spacial score (nSPS) is 12.4. The lowest BCUT2D eigenvalue weighted by molar-refractivity contribution is 0.229. The van der Waals surface area contributed by atoms with Gasteiger partial charge in [0, 0.05) is 18.2 Å². The molecule has 0 saturated carbocycles. The summed E-state index contributed by atoms with van der Waals surface area (Å²) in [5.74, 6) is 0.365. The molecule has 0 aromatic heterocycles. The fraction of sp³-hybridized carbons (Fsp3) is 0.500. The molecule has 0 radical (unpaired) electrons. The Bertz CT molecular complexity index is 331. The Kier molecular flexibility index (Phi) is 5.43. The van der Waals surface area contributed by atoms with Crippen molar-refractivity contribution in [3.63, 3.8) is 0 Å². The summed E-state index contributed by atoms with van der Waals surface area (Å²) in [6.07, 6.45) is 2.03. The standard InChI is InChI=1S/C12H19ClN2O/c1-9(8-16)3-2-6-15-12-5-4-10(13)7-11(12)14/h4-5,7,9,15-16H,2-3,6,8,14H2,1H3. The lowest BCUT2D eigenvalue weighted by Gasteiger charge is -2.11. The van der Waals surface area contributed by atoms with Crippen LogP contribution in [0.2, 0.25) is 5.02 Å². The maximum absolute atomic E-state index is 8.87. The summed E-state index contributed by atoms with van der Waals surface area (Å²) in [5.41, 5.74) is 7.39. The molecule has 0 fully saturated rings. The maximum atomic E-state index is 8.87. The number of hydrogen-bond acceptors (Lipinski definition) is 3. The Labute approximate surface area is 102 Å². The van der Waals surface area contributed by atoms with Crippen molar-refractivity contribution in [2.75, 3.05) is 24.2 Å². The van der Waals surface area contributed by atoms with E-state index < -0.39 is 0 Å². The van der Waals surface area contributed by atoms with Crippen LogP contribution in [0.5, 0.6) is 0 Å². The van der Waals surface area contributed by atoms with E-state index in [-0.39, 0.29) is 6.61 Å². The quantitative estimate of drug-likeness (QED) is 0.531. The summed E-state index contributed by atoms with van der Waals surface area (Å²) in [6.45, 7) is 3.15. The van der Waals surface area contributed by atoms with Crippen LogP contribution < -0.4 is 11.1 Å². The van der Waals surface area contributed by atoms with E-state index >= 15 is 0 Å². The highest BCUT2D eigenvalue weighted by Gasteiger charge is 2.01. The molecule has 16 heavy (non-hydrogen) atoms. The smallest absolute Gasteiger partial charge is 0.0574 e. The van der Waals surface area contributed by atoms with E-state index in [4.69, 9.17) is 22.4 Å². The summed E-state index contributed by atoms with van der Waals surface area (Å²) in [7, 11) is 0. The van der Waals surface area contributed by atoms with Crippen molar-refractivity contribution < 1.29 is 5.11 Å². The van der Waals surface area contributed by atoms with Gasteiger partial charge >= 0.3 is 0 Å². The van der Waals surface area contributed by atoms with Crippen LogP contribution in [0.3, 0.4) is 0 Å². The monoisotopic (exact) mass is 242 g/mol. The average Bonchev–Trinajstić information content (AvgIpc) is 2.26. The molecule has 0 saturated heterocycles. The van der Waals surface area contributed by atoms with Crippen LogP contribution in [0.4, 0.5) is 11.4 Å². The summed E-state index contributed by atoms with van der Waals surface area (Å²) in [4.78, 5) is 0. The molecule has 1 atom stereocenters. The van der Waals surface area contributed by atoms with Crippen LogP contribution in [0.1, 0.15) is 19.8 Å². The van der Waals surface area contributed by atoms with Crippen LogP contribution in [-0.2, 0) is 0 Å². The van der Waals surface area contributed by atoms with Crippen molar-refractivity contribution in [1.82, 2.24) is 0 Å². The van der Waals surface area contributed by atoms with E-state index in [1.807, 2.05) is 19.1 Å². The van der Waals surface area contributed by atoms with Gasteiger partial charge in [-0.2, -0.15) is 0 Å². The molecule has 0 bridgehead atoms. The van der Waals surface area contributed by atoms with Gasteiger partial charge in [-0.25, -0.2) is 0 Å². The van der Waals surface area contributed by atoms with Crippen molar-refractivity contribution >= 4 is 23.0 Å². The number of aliphatic hydroxyl groups is 1. The van der Waals surface area contributed by atoms with Crippen molar-refractivity contribution in [3.05, 3.63) is 23.2 Å². The van der Waals surface area contributed by atoms with E-state index in [0.29, 0.717) is 16.6 Å². The highest BCUT2D eigenvalue weighted by Crippen LogP contribution is 2.22. The zero-order valence-electron chi connectivity index (χ0n) is 9.54. The number of benzene rings is 1. The number of rotatable bonds is 6. The molecule has 1 aromatic rings. The molecular weight excluding hydrogens is 224 g/mol. The number of nitrogens with one attached hydrogen (secondary N) is 1. The molecule has 0 spiro atoms. The van der Waals surface area contributed by atoms with Crippen LogP contribution in [0.25, 0.3) is 0 Å². The molecule has 90 valence electrons. The Morgan fingerprint density at radius 2 is 2.25 bits per heavy atom. The Hall–Kier alpha value is -0.930. The molecule has 4 N–H and O–H groups in total. The molecule has 0 aliphatic heterocycles. The minimum absolute atomic E-state index is 0.253. The number of hydrogen-bond donors (Lipinski definition) is 3. The summed E-state index contributed by atoms with van der Waals surface area (Å²) >= 11 is 5.80. The second-order valence-electron chi connectivity index (χ2n) is 4.09. The molecule has 0 amide bonds. The predicted molar refractivity (Wildman–Crippen MR) is 69.8 cm³/mol. The molecule has 3 nitrogen and oxygen atoms in total. The van der Waals surface area contributed by atoms with Gasteiger partial charge in [0.05, 0.1) is 11.4 Å². The van der Waals surface area contributed by atoms with Gasteiger partial charge in [-0.05, 0) is 37.0 Å². The van der Waals surface area contributed by atoms with Gasteiger partial charge in [0.2, 0.25) is 0 Å². The minimum atomic E-state index is 0.253. The zero-order chi connectivity index (χ0) is 12.0. The first kappa shape index (κ1) is 13.1. The first-order valence-corrected chi connectivity index (χ1v) is 5.91. The van der Waals surface area contributed by atoms with Crippen LogP contribution in [0, 0.1) is 5.92 Å². The van der Waals surface area contributed by atoms with Gasteiger partial charge in [0.15, 0.2) is 0 Å². The number of nitrogens with two attached hydrogens (primary N) is 1. The Balaban J connectivity index is 2.32. The third-order valence-electron chi connectivity index (χ3n) is 2.51. The number of nitrogen functional groups attached to an aromatic ring is 1. The highest BCUT2D eigenvalue weighted by atomic mass is 35.5. The van der Waals surface area contributed by atoms with Gasteiger partial charge in [-0.1, -0.05) is 18.5 Å². The predicted octanol–water partition coefficient (Wildman–Crippen LogP) is 2.74. The number of aliphatic hydroxyl groups excluding tert-OH is 1. The van der Waals surface area contributed by atoms with Gasteiger partial charge in [-0.3, -0.25) is 0 Å². The van der Waals surface area contributed by atoms with Crippen LogP contribution in [-0.4, -0.2) is 18.3 Å². The first-order valence-electron chi connectivity index (χ1n) is 5.53. The van der Waals surface area contributed by atoms with Gasteiger partial charge in [0.1, 0.15) is 0 Å². The van der Waals surface area contributed by atoms with E-state index in [1.165, 1.54) is 0 Å². The van der Waals surface area contributed by atoms with Gasteiger partial charge < -0.3 is 16.2 Å². The largest absolute Gasteiger partial charge is 0.397 e. The van der Waals surface area contributed by atoms with Crippen molar-refractivity contribution in [2.24, 2.45) is 5.92 Å². The Morgan fingerprint density at radius 3 is 2.88 bits per heavy atom. The number of anilines is 2. The fourth-order valence-corrected chi connectivity index (χ4v) is 1.64. The summed E-state index contributed by atoms with van der Waals surface area (Å²) in [5, 5.41) is 12.8. The van der Waals surface area contributed by atoms with Crippen LogP contribution >= 0.6 is 11.6 Å². The summed E-state index contributed by atoms with van der Waals surface area (Å²) in [6, 6.07) is 5.43. The molecule has 0 aliphatic rings. The molecule has 1 rings (SSSR count). The van der Waals surface area contributed by atoms with E-state index in [9.17, 15) is 0 Å². The van der Waals surface area contributed by atoms with Gasteiger partial charge in [0.25, 0.3) is 0 Å². The molecule has 4 heteroatoms. The third kappa shape index (κ3) is 4.29. The lowest BCUT2D eigenvalue weighted by atomic mass is 10.1. The molecule has 0 aliphatic carbocycles. The van der Waals surface area contributed by atoms with Crippen molar-refractivity contribution in [2.45, 2.75) is 19.8 Å². The molecular formula is C12H19ClN2O. The first-order chi connectivity index (χ1) is 7.63. The van der Waals surface area contributed by atoms with E-state index in [2.05, 4.69) is 5.32 Å². The van der Waals surface area contributed by atoms with E-state index in [0.717, 1.165) is 25.1 Å². The van der Waals surface area contributed by atoms with Crippen LogP contribution in [0.15, 0.2) is 18.2 Å². The second kappa shape index (κ2) is 6.61. The van der Waals surface area contributed by atoms with Crippen molar-refractivity contribution in [1.29, 1.82) is 0 Å². The molecule has 1 aromatic carbocycles. The summed E-state index contributed by atoms with van der Waals surface area (Å²) < 4.78 is 0. The molecule has 1 unspecified atom stereocenters. The minimum Gasteiger partial charge on any atom is -0.397 e. The second-order valence-corrected chi connectivity index (χ2v) is 4.52. The fourth-order valence-electron chi connectivity index (χ4n) is 1.46. The zero-order valence-corrected chi connectivity index (χ0v) is 10.3. The topological polar surface area (TPSA) is 58.3 Å². The van der Waals surface area contributed by atoms with E-state index in [1.54, 1.807) is 6.07 Å². The lowest BCUT2D eigenvalue weighted by Crippen LogP contribution is -2.07. The maximum Gasteiger partial charge on any atom is 0.0574 e. The third-order valence-corrected chi connectivity index (χ3v) is 2.75. The molecule has 0 heterocycles. The highest BCUT2D eigenvalue weighted by molar-refractivity contribution is 6.31. The Morgan fingerprint density at radius 1 is 1.50 bits per heavy atom. The van der Waals surface area contributed by atoms with Crippen molar-refractivity contribution in [3.8, 4) is 0 Å². The number of halogens is 1. The van der Waals surface area contributed by atoms with Gasteiger partial charge in [-0.15, -0.1) is 0 Å². The SMILES string of the molecule is CC(CO)CCCNc1ccc(Cl)cc1N. The average molecular weight is 243 g/mol.